The molecule has 148 valence electrons. The van der Waals surface area contributed by atoms with E-state index in [4.69, 9.17) is 0 Å². The van der Waals surface area contributed by atoms with Crippen molar-refractivity contribution in [1.29, 1.82) is 0 Å². The second kappa shape index (κ2) is 7.10. The number of fused-ring (bicyclic) bond motifs is 1. The summed E-state index contributed by atoms with van der Waals surface area (Å²) in [5, 5.41) is 3.01. The number of carbonyl (C=O) groups excluding carboxylic acids is 1. The summed E-state index contributed by atoms with van der Waals surface area (Å²) in [6.45, 7) is 6.69. The third kappa shape index (κ3) is 3.45. The fraction of sp³-hybridized carbons (Fsp3) is 0.350. The molecule has 2 aromatic carbocycles. The molecular formula is C20H24N4O3S. The summed E-state index contributed by atoms with van der Waals surface area (Å²) >= 11 is 0. The van der Waals surface area contributed by atoms with Gasteiger partial charge in [0.1, 0.15) is 4.90 Å². The van der Waals surface area contributed by atoms with Crippen molar-refractivity contribution in [1.82, 2.24) is 9.62 Å². The first kappa shape index (κ1) is 18.8. The summed E-state index contributed by atoms with van der Waals surface area (Å²) in [7, 11) is -3.71. The maximum Gasteiger partial charge on any atom is 0.261 e. The van der Waals surface area contributed by atoms with Gasteiger partial charge in [0.25, 0.3) is 5.91 Å². The lowest BCUT2D eigenvalue weighted by Gasteiger charge is -2.39. The van der Waals surface area contributed by atoms with Crippen molar-refractivity contribution >= 4 is 27.3 Å². The van der Waals surface area contributed by atoms with Crippen LogP contribution in [0.25, 0.3) is 0 Å². The zero-order chi connectivity index (χ0) is 19.9. The molecule has 0 aliphatic carbocycles. The van der Waals surface area contributed by atoms with Gasteiger partial charge in [0, 0.05) is 31.9 Å². The van der Waals surface area contributed by atoms with Gasteiger partial charge in [0.2, 0.25) is 10.0 Å². The SMILES string of the molecule is Cc1ccc(C)c(N2CCN(C(=O)[C@H]3Nc4ccccc4S(=O)(=O)N3)CC2)c1. The zero-order valence-corrected chi connectivity index (χ0v) is 16.8. The van der Waals surface area contributed by atoms with Crippen molar-refractivity contribution < 1.29 is 13.2 Å². The Bertz CT molecular complexity index is 1010. The number of hydrogen-bond acceptors (Lipinski definition) is 5. The molecule has 28 heavy (non-hydrogen) atoms. The smallest absolute Gasteiger partial charge is 0.261 e. The molecule has 2 aliphatic heterocycles. The first-order valence-electron chi connectivity index (χ1n) is 9.34. The van der Waals surface area contributed by atoms with E-state index in [0.29, 0.717) is 31.9 Å². The van der Waals surface area contributed by atoms with Crippen LogP contribution in [0.2, 0.25) is 0 Å². The van der Waals surface area contributed by atoms with Gasteiger partial charge in [0.15, 0.2) is 6.17 Å². The number of hydrogen-bond donors (Lipinski definition) is 2. The van der Waals surface area contributed by atoms with Crippen LogP contribution in [0.4, 0.5) is 11.4 Å². The van der Waals surface area contributed by atoms with E-state index >= 15 is 0 Å². The average molecular weight is 401 g/mol. The third-order valence-electron chi connectivity index (χ3n) is 5.29. The Kier molecular flexibility index (Phi) is 4.76. The topological polar surface area (TPSA) is 81.8 Å². The van der Waals surface area contributed by atoms with E-state index in [-0.39, 0.29) is 10.8 Å². The lowest BCUT2D eigenvalue weighted by molar-refractivity contribution is -0.132. The highest BCUT2D eigenvalue weighted by Crippen LogP contribution is 2.27. The van der Waals surface area contributed by atoms with Gasteiger partial charge in [-0.25, -0.2) is 8.42 Å². The van der Waals surface area contributed by atoms with Crippen LogP contribution in [-0.4, -0.2) is 51.6 Å². The van der Waals surface area contributed by atoms with Crippen LogP contribution in [0.3, 0.4) is 0 Å². The van der Waals surface area contributed by atoms with E-state index in [9.17, 15) is 13.2 Å². The number of rotatable bonds is 2. The highest BCUT2D eigenvalue weighted by Gasteiger charge is 2.36. The van der Waals surface area contributed by atoms with Crippen molar-refractivity contribution in [2.45, 2.75) is 24.9 Å². The van der Waals surface area contributed by atoms with Crippen molar-refractivity contribution in [3.8, 4) is 0 Å². The van der Waals surface area contributed by atoms with Crippen molar-refractivity contribution in [3.63, 3.8) is 0 Å². The molecule has 8 heteroatoms. The highest BCUT2D eigenvalue weighted by molar-refractivity contribution is 7.89. The summed E-state index contributed by atoms with van der Waals surface area (Å²) < 4.78 is 27.4. The quantitative estimate of drug-likeness (QED) is 0.802. The highest BCUT2D eigenvalue weighted by atomic mass is 32.2. The number of piperazine rings is 1. The van der Waals surface area contributed by atoms with Crippen molar-refractivity contribution in [2.24, 2.45) is 0 Å². The maximum absolute atomic E-state index is 12.9. The molecule has 4 rings (SSSR count). The molecule has 0 aromatic heterocycles. The number of aryl methyl sites for hydroxylation is 2. The van der Waals surface area contributed by atoms with Crippen LogP contribution in [-0.2, 0) is 14.8 Å². The van der Waals surface area contributed by atoms with E-state index in [1.807, 2.05) is 0 Å². The number of carbonyl (C=O) groups is 1. The molecule has 2 N–H and O–H groups in total. The fourth-order valence-corrected chi connectivity index (χ4v) is 5.02. The molecule has 2 heterocycles. The molecule has 1 atom stereocenters. The van der Waals surface area contributed by atoms with Crippen LogP contribution in [0.1, 0.15) is 11.1 Å². The molecule has 0 unspecified atom stereocenters. The predicted octanol–water partition coefficient (Wildman–Crippen LogP) is 1.68. The average Bonchev–Trinajstić information content (AvgIpc) is 2.69. The Labute approximate surface area is 165 Å². The van der Waals surface area contributed by atoms with Gasteiger partial charge in [-0.3, -0.25) is 4.79 Å². The molecule has 0 spiro atoms. The second-order valence-electron chi connectivity index (χ2n) is 7.30. The minimum Gasteiger partial charge on any atom is -0.368 e. The normalized spacial score (nSPS) is 21.0. The van der Waals surface area contributed by atoms with E-state index in [1.54, 1.807) is 23.1 Å². The largest absolute Gasteiger partial charge is 0.368 e. The minimum atomic E-state index is -3.71. The molecule has 0 bridgehead atoms. The number of amides is 1. The Morgan fingerprint density at radius 1 is 1.04 bits per heavy atom. The van der Waals surface area contributed by atoms with Gasteiger partial charge in [-0.2, -0.15) is 4.72 Å². The van der Waals surface area contributed by atoms with Gasteiger partial charge in [-0.15, -0.1) is 0 Å². The Hall–Kier alpha value is -2.58. The maximum atomic E-state index is 12.9. The Morgan fingerprint density at radius 3 is 2.50 bits per heavy atom. The molecule has 2 aromatic rings. The molecule has 0 radical (unpaired) electrons. The zero-order valence-electron chi connectivity index (χ0n) is 16.0. The van der Waals surface area contributed by atoms with Gasteiger partial charge in [-0.05, 0) is 43.2 Å². The van der Waals surface area contributed by atoms with Gasteiger partial charge >= 0.3 is 0 Å². The first-order chi connectivity index (χ1) is 13.3. The van der Waals surface area contributed by atoms with E-state index in [1.165, 1.54) is 22.9 Å². The number of benzene rings is 2. The summed E-state index contributed by atoms with van der Waals surface area (Å²) in [6, 6.07) is 13.0. The third-order valence-corrected chi connectivity index (χ3v) is 6.77. The number of para-hydroxylation sites is 1. The minimum absolute atomic E-state index is 0.166. The van der Waals surface area contributed by atoms with Crippen molar-refractivity contribution in [2.75, 3.05) is 36.4 Å². The lowest BCUT2D eigenvalue weighted by Crippen LogP contribution is -2.58. The number of nitrogens with one attached hydrogen (secondary N) is 2. The molecule has 0 saturated carbocycles. The monoisotopic (exact) mass is 400 g/mol. The van der Waals surface area contributed by atoms with Gasteiger partial charge < -0.3 is 15.1 Å². The number of anilines is 2. The molecule has 2 aliphatic rings. The van der Waals surface area contributed by atoms with E-state index in [2.05, 4.69) is 47.0 Å². The van der Waals surface area contributed by atoms with E-state index in [0.717, 1.165) is 0 Å². The Balaban J connectivity index is 1.46. The first-order valence-corrected chi connectivity index (χ1v) is 10.8. The standard InChI is InChI=1S/C20H24N4O3S/c1-14-7-8-15(2)17(13-14)23-9-11-24(12-10-23)20(25)19-21-16-5-3-4-6-18(16)28(26,27)22-19/h3-8,13,19,21-22H,9-12H2,1-2H3/t19-/m0/s1. The number of sulfonamides is 1. The Morgan fingerprint density at radius 2 is 1.75 bits per heavy atom. The molecule has 1 amide bonds. The summed E-state index contributed by atoms with van der Waals surface area (Å²) in [6.07, 6.45) is -0.979. The van der Waals surface area contributed by atoms with Crippen molar-refractivity contribution in [3.05, 3.63) is 53.6 Å². The predicted molar refractivity (Wildman–Crippen MR) is 109 cm³/mol. The van der Waals surface area contributed by atoms with Gasteiger partial charge in [-0.1, -0.05) is 24.3 Å². The van der Waals surface area contributed by atoms with Gasteiger partial charge in [0.05, 0.1) is 5.69 Å². The molecule has 1 saturated heterocycles. The summed E-state index contributed by atoms with van der Waals surface area (Å²) in [5.74, 6) is -0.251. The van der Waals surface area contributed by atoms with Crippen LogP contribution < -0.4 is 14.9 Å². The number of nitrogens with zero attached hydrogens (tertiary/aromatic N) is 2. The van der Waals surface area contributed by atoms with Crippen LogP contribution in [0, 0.1) is 13.8 Å². The van der Waals surface area contributed by atoms with E-state index < -0.39 is 16.2 Å². The molecule has 7 nitrogen and oxygen atoms in total. The second-order valence-corrected chi connectivity index (χ2v) is 8.98. The fourth-order valence-electron chi connectivity index (χ4n) is 3.75. The van der Waals surface area contributed by atoms with Crippen LogP contribution >= 0.6 is 0 Å². The summed E-state index contributed by atoms with van der Waals surface area (Å²) in [4.78, 5) is 17.1. The lowest BCUT2D eigenvalue weighted by atomic mass is 10.1. The molecule has 1 fully saturated rings. The van der Waals surface area contributed by atoms with Crippen LogP contribution in [0.5, 0.6) is 0 Å². The molecular weight excluding hydrogens is 376 g/mol. The summed E-state index contributed by atoms with van der Waals surface area (Å²) in [5.41, 5.74) is 4.06. The van der Waals surface area contributed by atoms with Crippen LogP contribution in [0.15, 0.2) is 47.4 Å².